The van der Waals surface area contributed by atoms with Crippen LogP contribution in [-0.2, 0) is 4.74 Å². The lowest BCUT2D eigenvalue weighted by molar-refractivity contribution is 0.0216. The Labute approximate surface area is 169 Å². The predicted molar refractivity (Wildman–Crippen MR) is 110 cm³/mol. The molecule has 7 heteroatoms. The summed E-state index contributed by atoms with van der Waals surface area (Å²) in [7, 11) is 0. The third-order valence-corrected chi connectivity index (χ3v) is 7.16. The number of aryl methyl sites for hydroxylation is 1. The Morgan fingerprint density at radius 2 is 1.89 bits per heavy atom. The van der Waals surface area contributed by atoms with Gasteiger partial charge in [0.1, 0.15) is 21.6 Å². The lowest BCUT2D eigenvalue weighted by Crippen LogP contribution is -2.38. The number of fused-ring (bicyclic) bond motifs is 1. The molecule has 2 aliphatic rings. The number of piperidine rings is 1. The maximum atomic E-state index is 12.8. The van der Waals surface area contributed by atoms with Gasteiger partial charge in [-0.05, 0) is 76.0 Å². The van der Waals surface area contributed by atoms with E-state index in [0.29, 0.717) is 10.9 Å². The number of hydrogen-bond donors (Lipinski definition) is 0. The molecule has 0 N–H and O–H groups in total. The van der Waals surface area contributed by atoms with Crippen molar-refractivity contribution in [1.82, 2.24) is 9.97 Å². The van der Waals surface area contributed by atoms with Crippen LogP contribution in [0.2, 0.25) is 5.28 Å². The van der Waals surface area contributed by atoms with Crippen molar-refractivity contribution in [3.05, 3.63) is 15.7 Å². The van der Waals surface area contributed by atoms with Gasteiger partial charge in [-0.1, -0.05) is 6.42 Å². The number of esters is 1. The highest BCUT2D eigenvalue weighted by Crippen LogP contribution is 2.38. The first-order valence-corrected chi connectivity index (χ1v) is 11.2. The van der Waals surface area contributed by atoms with Gasteiger partial charge in [0.15, 0.2) is 0 Å². The molecule has 1 unspecified atom stereocenters. The van der Waals surface area contributed by atoms with Gasteiger partial charge in [-0.25, -0.2) is 9.78 Å². The molecule has 1 saturated carbocycles. The fraction of sp³-hybridized carbons (Fsp3) is 0.650. The molecule has 3 heterocycles. The van der Waals surface area contributed by atoms with Gasteiger partial charge in [0.25, 0.3) is 0 Å². The number of thiophene rings is 1. The summed E-state index contributed by atoms with van der Waals surface area (Å²) in [6, 6.07) is 0.407. The van der Waals surface area contributed by atoms with E-state index in [-0.39, 0.29) is 17.4 Å². The Morgan fingerprint density at radius 3 is 2.63 bits per heavy atom. The van der Waals surface area contributed by atoms with Crippen molar-refractivity contribution in [3.63, 3.8) is 0 Å². The molecule has 27 heavy (non-hydrogen) atoms. The SMILES string of the molecule is Cc1c(C(=O)OC2CCCCC2)sc2nc(Cl)nc(N3CCCCC3C)c12. The fourth-order valence-electron chi connectivity index (χ4n) is 4.30. The van der Waals surface area contributed by atoms with Crippen LogP contribution in [0.1, 0.15) is 73.5 Å². The second-order valence-electron chi connectivity index (χ2n) is 7.76. The molecule has 0 spiro atoms. The van der Waals surface area contributed by atoms with Crippen LogP contribution in [0.5, 0.6) is 0 Å². The van der Waals surface area contributed by atoms with E-state index in [0.717, 1.165) is 66.7 Å². The quantitative estimate of drug-likeness (QED) is 0.495. The highest BCUT2D eigenvalue weighted by atomic mass is 35.5. The topological polar surface area (TPSA) is 55.3 Å². The summed E-state index contributed by atoms with van der Waals surface area (Å²) in [5.41, 5.74) is 0.917. The molecule has 2 fully saturated rings. The normalized spacial score (nSPS) is 21.6. The number of aromatic nitrogens is 2. The van der Waals surface area contributed by atoms with Crippen molar-refractivity contribution in [2.75, 3.05) is 11.4 Å². The van der Waals surface area contributed by atoms with Gasteiger partial charge in [0.2, 0.25) is 5.28 Å². The molecule has 1 aliphatic heterocycles. The van der Waals surface area contributed by atoms with Crippen LogP contribution < -0.4 is 4.90 Å². The minimum atomic E-state index is -0.226. The molecule has 1 saturated heterocycles. The standard InChI is InChI=1S/C20H26ClN3O2S/c1-12-8-6-7-11-24(12)17-15-13(2)16(27-18(15)23-20(21)22-17)19(25)26-14-9-4-3-5-10-14/h12,14H,3-11H2,1-2H3. The third kappa shape index (κ3) is 3.79. The van der Waals surface area contributed by atoms with Crippen LogP contribution in [0.3, 0.4) is 0 Å². The summed E-state index contributed by atoms with van der Waals surface area (Å²) >= 11 is 7.61. The molecule has 5 nitrogen and oxygen atoms in total. The van der Waals surface area contributed by atoms with E-state index >= 15 is 0 Å². The van der Waals surface area contributed by atoms with Crippen LogP contribution in [-0.4, -0.2) is 34.6 Å². The van der Waals surface area contributed by atoms with Crippen molar-refractivity contribution in [2.24, 2.45) is 0 Å². The van der Waals surface area contributed by atoms with E-state index in [9.17, 15) is 4.79 Å². The van der Waals surface area contributed by atoms with Crippen molar-refractivity contribution >= 4 is 44.9 Å². The molecule has 0 bridgehead atoms. The molecule has 2 aromatic heterocycles. The Bertz CT molecular complexity index is 847. The number of carbonyl (C=O) groups is 1. The Kier molecular flexibility index (Phi) is 5.55. The first-order chi connectivity index (χ1) is 13.0. The minimum absolute atomic E-state index is 0.0483. The number of rotatable bonds is 3. The molecule has 146 valence electrons. The van der Waals surface area contributed by atoms with Gasteiger partial charge in [-0.2, -0.15) is 4.98 Å². The van der Waals surface area contributed by atoms with E-state index in [4.69, 9.17) is 16.3 Å². The molecule has 1 aliphatic carbocycles. The smallest absolute Gasteiger partial charge is 0.348 e. The molecule has 0 amide bonds. The van der Waals surface area contributed by atoms with E-state index in [1.807, 2.05) is 6.92 Å². The van der Waals surface area contributed by atoms with Crippen molar-refractivity contribution in [3.8, 4) is 0 Å². The summed E-state index contributed by atoms with van der Waals surface area (Å²) in [6.45, 7) is 5.16. The molecule has 4 rings (SSSR count). The highest BCUT2D eigenvalue weighted by molar-refractivity contribution is 7.20. The van der Waals surface area contributed by atoms with E-state index < -0.39 is 0 Å². The zero-order valence-corrected chi connectivity index (χ0v) is 17.5. The van der Waals surface area contributed by atoms with E-state index in [2.05, 4.69) is 21.8 Å². The van der Waals surface area contributed by atoms with Crippen molar-refractivity contribution < 1.29 is 9.53 Å². The molecule has 0 radical (unpaired) electrons. The molecule has 0 aromatic carbocycles. The fourth-order valence-corrected chi connectivity index (χ4v) is 5.57. The molecular weight excluding hydrogens is 382 g/mol. The third-order valence-electron chi connectivity index (χ3n) is 5.83. The van der Waals surface area contributed by atoms with Gasteiger partial charge in [-0.3, -0.25) is 0 Å². The number of nitrogens with zero attached hydrogens (tertiary/aromatic N) is 3. The van der Waals surface area contributed by atoms with Crippen molar-refractivity contribution in [2.45, 2.75) is 77.4 Å². The van der Waals surface area contributed by atoms with E-state index in [1.165, 1.54) is 24.2 Å². The summed E-state index contributed by atoms with van der Waals surface area (Å²) in [4.78, 5) is 25.5. The van der Waals surface area contributed by atoms with Gasteiger partial charge >= 0.3 is 5.97 Å². The van der Waals surface area contributed by atoms with Gasteiger partial charge in [-0.15, -0.1) is 11.3 Å². The lowest BCUT2D eigenvalue weighted by Gasteiger charge is -2.34. The van der Waals surface area contributed by atoms with Crippen LogP contribution in [0.4, 0.5) is 5.82 Å². The average Bonchev–Trinajstić information content (AvgIpc) is 2.99. The first-order valence-electron chi connectivity index (χ1n) is 9.99. The second kappa shape index (κ2) is 7.92. The molecule has 2 aromatic rings. The van der Waals surface area contributed by atoms with Gasteiger partial charge < -0.3 is 9.64 Å². The number of ether oxygens (including phenoxy) is 1. The van der Waals surface area contributed by atoms with E-state index in [1.54, 1.807) is 0 Å². The summed E-state index contributed by atoms with van der Waals surface area (Å²) in [6.07, 6.45) is 9.03. The molecular formula is C20H26ClN3O2S. The largest absolute Gasteiger partial charge is 0.458 e. The maximum absolute atomic E-state index is 12.8. The van der Waals surface area contributed by atoms with Gasteiger partial charge in [0.05, 0.1) is 5.39 Å². The second-order valence-corrected chi connectivity index (χ2v) is 9.09. The summed E-state index contributed by atoms with van der Waals surface area (Å²) in [5.74, 6) is 0.638. The predicted octanol–water partition coefficient (Wildman–Crippen LogP) is 5.52. The Balaban J connectivity index is 1.70. The van der Waals surface area contributed by atoms with Gasteiger partial charge in [0, 0.05) is 12.6 Å². The Hall–Kier alpha value is -1.40. The highest BCUT2D eigenvalue weighted by Gasteiger charge is 2.28. The lowest BCUT2D eigenvalue weighted by atomic mass is 9.98. The number of hydrogen-bond acceptors (Lipinski definition) is 6. The zero-order valence-electron chi connectivity index (χ0n) is 16.0. The summed E-state index contributed by atoms with van der Waals surface area (Å²) in [5, 5.41) is 1.19. The first kappa shape index (κ1) is 18.9. The zero-order chi connectivity index (χ0) is 19.0. The minimum Gasteiger partial charge on any atom is -0.458 e. The number of anilines is 1. The summed E-state index contributed by atoms with van der Waals surface area (Å²) < 4.78 is 5.80. The molecule has 1 atom stereocenters. The number of halogens is 1. The van der Waals surface area contributed by atoms with Crippen LogP contribution in [0, 0.1) is 6.92 Å². The van der Waals surface area contributed by atoms with Crippen LogP contribution in [0.25, 0.3) is 10.2 Å². The van der Waals surface area contributed by atoms with Crippen LogP contribution >= 0.6 is 22.9 Å². The Morgan fingerprint density at radius 1 is 1.15 bits per heavy atom. The monoisotopic (exact) mass is 407 g/mol. The van der Waals surface area contributed by atoms with Crippen molar-refractivity contribution in [1.29, 1.82) is 0 Å². The van der Waals surface area contributed by atoms with Crippen LogP contribution in [0.15, 0.2) is 0 Å². The maximum Gasteiger partial charge on any atom is 0.348 e. The average molecular weight is 408 g/mol. The number of carbonyl (C=O) groups excluding carboxylic acids is 1.